The minimum Gasteiger partial charge on any atom is -0.355 e. The smallest absolute Gasteiger partial charge is 0.233 e. The van der Waals surface area contributed by atoms with E-state index in [1.54, 1.807) is 11.9 Å². The Balaban J connectivity index is 2.04. The van der Waals surface area contributed by atoms with Gasteiger partial charge in [0.2, 0.25) is 11.8 Å². The number of carbonyl (C=O) groups is 2. The zero-order chi connectivity index (χ0) is 14.5. The lowest BCUT2D eigenvalue weighted by Crippen LogP contribution is -2.41. The third-order valence-electron chi connectivity index (χ3n) is 3.51. The maximum atomic E-state index is 12.0. The van der Waals surface area contributed by atoms with Crippen LogP contribution in [0.1, 0.15) is 31.4 Å². The highest BCUT2D eigenvalue weighted by molar-refractivity contribution is 5.96. The fourth-order valence-corrected chi connectivity index (χ4v) is 2.37. The molecule has 1 unspecified atom stereocenters. The molecular weight excluding hydrogens is 254 g/mol. The zero-order valence-electron chi connectivity index (χ0n) is 12.0. The number of fused-ring (bicyclic) bond motifs is 1. The molecular formula is C15H21N3O2. The van der Waals surface area contributed by atoms with Gasteiger partial charge in [-0.2, -0.15) is 0 Å². The van der Waals surface area contributed by atoms with Gasteiger partial charge in [0.05, 0.1) is 6.54 Å². The monoisotopic (exact) mass is 275 g/mol. The number of para-hydroxylation sites is 1. The van der Waals surface area contributed by atoms with E-state index < -0.39 is 0 Å². The van der Waals surface area contributed by atoms with Gasteiger partial charge in [-0.15, -0.1) is 0 Å². The van der Waals surface area contributed by atoms with Crippen LogP contribution >= 0.6 is 0 Å². The van der Waals surface area contributed by atoms with E-state index in [1.165, 1.54) is 0 Å². The van der Waals surface area contributed by atoms with Crippen molar-refractivity contribution in [2.24, 2.45) is 0 Å². The van der Waals surface area contributed by atoms with Crippen LogP contribution in [0.5, 0.6) is 0 Å². The molecule has 2 amide bonds. The van der Waals surface area contributed by atoms with Crippen molar-refractivity contribution < 1.29 is 9.59 Å². The molecule has 1 aromatic rings. The van der Waals surface area contributed by atoms with Gasteiger partial charge >= 0.3 is 0 Å². The minimum atomic E-state index is -0.0951. The van der Waals surface area contributed by atoms with Crippen LogP contribution in [0.4, 0.5) is 5.69 Å². The molecule has 1 aliphatic heterocycles. The molecule has 5 nitrogen and oxygen atoms in total. The number of hydrogen-bond donors (Lipinski definition) is 2. The molecule has 0 aromatic heterocycles. The number of carbonyl (C=O) groups excluding carboxylic acids is 2. The van der Waals surface area contributed by atoms with Crippen LogP contribution in [0.2, 0.25) is 0 Å². The molecule has 0 saturated heterocycles. The summed E-state index contributed by atoms with van der Waals surface area (Å²) in [6.07, 6.45) is 1.30. The molecule has 1 atom stereocenters. The molecule has 108 valence electrons. The zero-order valence-corrected chi connectivity index (χ0v) is 12.0. The van der Waals surface area contributed by atoms with Crippen molar-refractivity contribution in [3.63, 3.8) is 0 Å². The summed E-state index contributed by atoms with van der Waals surface area (Å²) >= 11 is 0. The van der Waals surface area contributed by atoms with Gasteiger partial charge in [-0.1, -0.05) is 25.1 Å². The Bertz CT molecular complexity index is 502. The summed E-state index contributed by atoms with van der Waals surface area (Å²) in [5, 5.41) is 6.00. The van der Waals surface area contributed by atoms with E-state index in [4.69, 9.17) is 0 Å². The van der Waals surface area contributed by atoms with E-state index in [-0.39, 0.29) is 24.4 Å². The van der Waals surface area contributed by atoms with Crippen molar-refractivity contribution >= 4 is 17.5 Å². The van der Waals surface area contributed by atoms with Crippen LogP contribution in [0.3, 0.4) is 0 Å². The van der Waals surface area contributed by atoms with Crippen LogP contribution < -0.4 is 15.5 Å². The number of rotatable bonds is 5. The molecule has 0 radical (unpaired) electrons. The maximum Gasteiger partial charge on any atom is 0.233 e. The molecule has 0 saturated carbocycles. The van der Waals surface area contributed by atoms with Crippen LogP contribution in [-0.2, 0) is 9.59 Å². The van der Waals surface area contributed by atoms with Gasteiger partial charge in [0.15, 0.2) is 0 Å². The first-order chi connectivity index (χ1) is 9.63. The van der Waals surface area contributed by atoms with E-state index in [0.717, 1.165) is 17.7 Å². The van der Waals surface area contributed by atoms with Gasteiger partial charge < -0.3 is 15.5 Å². The lowest BCUT2D eigenvalue weighted by atomic mass is 9.96. The summed E-state index contributed by atoms with van der Waals surface area (Å²) in [6, 6.07) is 7.70. The Morgan fingerprint density at radius 3 is 2.90 bits per heavy atom. The minimum absolute atomic E-state index is 0.0318. The molecule has 1 aliphatic rings. The molecule has 0 aliphatic carbocycles. The number of benzene rings is 1. The second-order valence-corrected chi connectivity index (χ2v) is 5.00. The summed E-state index contributed by atoms with van der Waals surface area (Å²) in [7, 11) is 1.78. The molecule has 2 N–H and O–H groups in total. The standard InChI is InChI=1S/C15H21N3O2/c1-3-8-16-14(19)10-17-12-9-15(20)18(2)13-7-5-4-6-11(12)13/h4-7,12,17H,3,8-10H2,1-2H3,(H,16,19). The Morgan fingerprint density at radius 1 is 1.40 bits per heavy atom. The summed E-state index contributed by atoms with van der Waals surface area (Å²) in [6.45, 7) is 2.93. The predicted molar refractivity (Wildman–Crippen MR) is 78.5 cm³/mol. The number of nitrogens with zero attached hydrogens (tertiary/aromatic N) is 1. The fourth-order valence-electron chi connectivity index (χ4n) is 2.37. The number of amides is 2. The third-order valence-corrected chi connectivity index (χ3v) is 3.51. The second kappa shape index (κ2) is 6.52. The Hall–Kier alpha value is -1.88. The van der Waals surface area contributed by atoms with E-state index >= 15 is 0 Å². The van der Waals surface area contributed by atoms with Crippen LogP contribution in [0, 0.1) is 0 Å². The van der Waals surface area contributed by atoms with Crippen LogP contribution in [0.15, 0.2) is 24.3 Å². The Labute approximate surface area is 119 Å². The Morgan fingerprint density at radius 2 is 2.15 bits per heavy atom. The number of hydrogen-bond acceptors (Lipinski definition) is 3. The average Bonchev–Trinajstić information content (AvgIpc) is 2.47. The maximum absolute atomic E-state index is 12.0. The van der Waals surface area contributed by atoms with Gasteiger partial charge in [0.25, 0.3) is 0 Å². The van der Waals surface area contributed by atoms with E-state index in [2.05, 4.69) is 10.6 Å². The second-order valence-electron chi connectivity index (χ2n) is 5.00. The fraction of sp³-hybridized carbons (Fsp3) is 0.467. The lowest BCUT2D eigenvalue weighted by Gasteiger charge is -2.32. The molecule has 0 spiro atoms. The molecule has 1 aromatic carbocycles. The van der Waals surface area contributed by atoms with Gasteiger partial charge in [-0.3, -0.25) is 9.59 Å². The molecule has 0 bridgehead atoms. The number of nitrogens with one attached hydrogen (secondary N) is 2. The molecule has 0 fully saturated rings. The van der Waals surface area contributed by atoms with Crippen molar-refractivity contribution in [2.45, 2.75) is 25.8 Å². The normalized spacial score (nSPS) is 17.8. The van der Waals surface area contributed by atoms with E-state index in [1.807, 2.05) is 31.2 Å². The van der Waals surface area contributed by atoms with Crippen LogP contribution in [0.25, 0.3) is 0 Å². The summed E-state index contributed by atoms with van der Waals surface area (Å²) in [5.74, 6) is 0.0332. The van der Waals surface area contributed by atoms with Gasteiger partial charge in [0.1, 0.15) is 0 Å². The first-order valence-corrected chi connectivity index (χ1v) is 6.99. The highest BCUT2D eigenvalue weighted by atomic mass is 16.2. The summed E-state index contributed by atoms with van der Waals surface area (Å²) in [5.41, 5.74) is 1.98. The van der Waals surface area contributed by atoms with E-state index in [0.29, 0.717) is 13.0 Å². The van der Waals surface area contributed by atoms with Gasteiger partial charge in [-0.05, 0) is 18.1 Å². The van der Waals surface area contributed by atoms with Crippen molar-refractivity contribution in [3.8, 4) is 0 Å². The van der Waals surface area contributed by atoms with E-state index in [9.17, 15) is 9.59 Å². The van der Waals surface area contributed by atoms with Crippen molar-refractivity contribution in [1.29, 1.82) is 0 Å². The molecule has 1 heterocycles. The largest absolute Gasteiger partial charge is 0.355 e. The lowest BCUT2D eigenvalue weighted by molar-refractivity contribution is -0.122. The highest BCUT2D eigenvalue weighted by Gasteiger charge is 2.28. The highest BCUT2D eigenvalue weighted by Crippen LogP contribution is 2.33. The first kappa shape index (κ1) is 14.5. The first-order valence-electron chi connectivity index (χ1n) is 6.99. The van der Waals surface area contributed by atoms with Crippen LogP contribution in [-0.4, -0.2) is 32.0 Å². The number of anilines is 1. The SMILES string of the molecule is CCCNC(=O)CNC1CC(=O)N(C)c2ccccc21. The Kier molecular flexibility index (Phi) is 4.74. The summed E-state index contributed by atoms with van der Waals surface area (Å²) < 4.78 is 0. The molecule has 5 heteroatoms. The molecule has 2 rings (SSSR count). The van der Waals surface area contributed by atoms with Gasteiger partial charge in [0, 0.05) is 31.7 Å². The average molecular weight is 275 g/mol. The van der Waals surface area contributed by atoms with Crippen molar-refractivity contribution in [2.75, 3.05) is 25.0 Å². The summed E-state index contributed by atoms with van der Waals surface area (Å²) in [4.78, 5) is 25.3. The predicted octanol–water partition coefficient (Wildman–Crippen LogP) is 1.21. The van der Waals surface area contributed by atoms with Crippen molar-refractivity contribution in [1.82, 2.24) is 10.6 Å². The quantitative estimate of drug-likeness (QED) is 0.849. The van der Waals surface area contributed by atoms with Gasteiger partial charge in [-0.25, -0.2) is 0 Å². The topological polar surface area (TPSA) is 61.4 Å². The van der Waals surface area contributed by atoms with Crippen molar-refractivity contribution in [3.05, 3.63) is 29.8 Å². The molecule has 20 heavy (non-hydrogen) atoms. The third kappa shape index (κ3) is 3.17.